The van der Waals surface area contributed by atoms with E-state index in [2.05, 4.69) is 15.0 Å². The third-order valence-corrected chi connectivity index (χ3v) is 3.51. The summed E-state index contributed by atoms with van der Waals surface area (Å²) < 4.78 is 1.71. The molecule has 112 valence electrons. The summed E-state index contributed by atoms with van der Waals surface area (Å²) in [5.41, 5.74) is 4.01. The van der Waals surface area contributed by atoms with Crippen molar-refractivity contribution in [2.45, 2.75) is 26.8 Å². The summed E-state index contributed by atoms with van der Waals surface area (Å²) in [6.45, 7) is 6.02. The van der Waals surface area contributed by atoms with E-state index in [-0.39, 0.29) is 12.1 Å². The minimum atomic E-state index is -0.0811. The first kappa shape index (κ1) is 14.3. The molecule has 2 aromatic heterocycles. The Balaban J connectivity index is 2.16. The van der Waals surface area contributed by atoms with Crippen molar-refractivity contribution in [3.8, 4) is 6.01 Å². The standard InChI is InChI=1S/C17H18N4O/c1-11(2)9-14-10-18-15-16(19-14)21(17(22)20-15)12(3)13-7-5-4-6-8-13/h4-10,12H,1-3H3,(H,18,20,22). The van der Waals surface area contributed by atoms with Crippen molar-refractivity contribution in [3.05, 3.63) is 53.4 Å². The van der Waals surface area contributed by atoms with Crippen LogP contribution in [0.2, 0.25) is 0 Å². The maximum absolute atomic E-state index is 10.2. The van der Waals surface area contributed by atoms with Crippen LogP contribution < -0.4 is 0 Å². The Morgan fingerprint density at radius 1 is 1.18 bits per heavy atom. The van der Waals surface area contributed by atoms with Gasteiger partial charge in [-0.1, -0.05) is 35.9 Å². The summed E-state index contributed by atoms with van der Waals surface area (Å²) in [6.07, 6.45) is 3.62. The van der Waals surface area contributed by atoms with Crippen LogP contribution in [-0.4, -0.2) is 24.6 Å². The molecule has 1 atom stereocenters. The van der Waals surface area contributed by atoms with Crippen molar-refractivity contribution in [1.29, 1.82) is 0 Å². The monoisotopic (exact) mass is 294 g/mol. The summed E-state index contributed by atoms with van der Waals surface area (Å²) in [4.78, 5) is 13.0. The molecule has 0 radical (unpaired) electrons. The smallest absolute Gasteiger partial charge is 0.298 e. The number of allylic oxidation sites excluding steroid dienone is 1. The van der Waals surface area contributed by atoms with Crippen LogP contribution in [0.5, 0.6) is 6.01 Å². The van der Waals surface area contributed by atoms with Crippen LogP contribution in [0.1, 0.15) is 38.1 Å². The fourth-order valence-electron chi connectivity index (χ4n) is 2.47. The fraction of sp³-hybridized carbons (Fsp3) is 0.235. The number of fused-ring (bicyclic) bond motifs is 1. The van der Waals surface area contributed by atoms with Crippen LogP contribution in [0.3, 0.4) is 0 Å². The predicted octanol–water partition coefficient (Wildman–Crippen LogP) is 3.56. The van der Waals surface area contributed by atoms with Crippen LogP contribution in [-0.2, 0) is 0 Å². The normalized spacial score (nSPS) is 12.3. The van der Waals surface area contributed by atoms with Gasteiger partial charge in [0.15, 0.2) is 5.65 Å². The molecule has 3 aromatic rings. The van der Waals surface area contributed by atoms with Crippen LogP contribution in [0.4, 0.5) is 0 Å². The van der Waals surface area contributed by atoms with Crippen molar-refractivity contribution >= 4 is 17.4 Å². The Kier molecular flexibility index (Phi) is 3.63. The third-order valence-electron chi connectivity index (χ3n) is 3.51. The first-order chi connectivity index (χ1) is 10.6. The topological polar surface area (TPSA) is 63.8 Å². The molecule has 1 N–H and O–H groups in total. The van der Waals surface area contributed by atoms with Crippen LogP contribution in [0.15, 0.2) is 42.1 Å². The zero-order valence-corrected chi connectivity index (χ0v) is 12.9. The lowest BCUT2D eigenvalue weighted by Gasteiger charge is -2.14. The number of aromatic nitrogens is 4. The summed E-state index contributed by atoms with van der Waals surface area (Å²) in [5.74, 6) is 0. The van der Waals surface area contributed by atoms with E-state index in [0.717, 1.165) is 16.8 Å². The molecule has 0 aliphatic carbocycles. The highest BCUT2D eigenvalue weighted by Gasteiger charge is 2.18. The molecule has 1 aromatic carbocycles. The van der Waals surface area contributed by atoms with Gasteiger partial charge in [-0.15, -0.1) is 0 Å². The number of benzene rings is 1. The van der Waals surface area contributed by atoms with Gasteiger partial charge in [0.2, 0.25) is 5.65 Å². The van der Waals surface area contributed by atoms with E-state index in [0.29, 0.717) is 11.3 Å². The zero-order chi connectivity index (χ0) is 15.7. The number of hydrogen-bond acceptors (Lipinski definition) is 4. The molecule has 2 heterocycles. The second-order valence-electron chi connectivity index (χ2n) is 5.53. The SMILES string of the molecule is CC(C)=Cc1cnc2nc(O)n(C(C)c3ccccc3)c2n1. The minimum absolute atomic E-state index is 0.0688. The molecule has 0 fully saturated rings. The van der Waals surface area contributed by atoms with Crippen molar-refractivity contribution in [2.24, 2.45) is 0 Å². The Labute approximate surface area is 129 Å². The summed E-state index contributed by atoms with van der Waals surface area (Å²) in [7, 11) is 0. The number of hydrogen-bond donors (Lipinski definition) is 1. The Morgan fingerprint density at radius 2 is 1.91 bits per heavy atom. The highest BCUT2D eigenvalue weighted by atomic mass is 16.3. The molecule has 5 heteroatoms. The van der Waals surface area contributed by atoms with Gasteiger partial charge in [-0.25, -0.2) is 9.97 Å². The average Bonchev–Trinajstić information content (AvgIpc) is 2.82. The second-order valence-corrected chi connectivity index (χ2v) is 5.53. The third kappa shape index (κ3) is 2.57. The summed E-state index contributed by atoms with van der Waals surface area (Å²) >= 11 is 0. The molecule has 0 spiro atoms. The van der Waals surface area contributed by atoms with Gasteiger partial charge in [-0.2, -0.15) is 4.98 Å². The van der Waals surface area contributed by atoms with Crippen molar-refractivity contribution in [3.63, 3.8) is 0 Å². The Morgan fingerprint density at radius 3 is 2.59 bits per heavy atom. The van der Waals surface area contributed by atoms with E-state index in [4.69, 9.17) is 0 Å². The Hall–Kier alpha value is -2.69. The van der Waals surface area contributed by atoms with Crippen molar-refractivity contribution in [2.75, 3.05) is 0 Å². The molecule has 0 aliphatic rings. The van der Waals surface area contributed by atoms with Gasteiger partial charge in [0, 0.05) is 0 Å². The number of imidazole rings is 1. The second kappa shape index (κ2) is 5.60. The summed E-state index contributed by atoms with van der Waals surface area (Å²) in [6, 6.07) is 9.80. The molecule has 0 saturated heterocycles. The molecular weight excluding hydrogens is 276 g/mol. The largest absolute Gasteiger partial charge is 0.480 e. The van der Waals surface area contributed by atoms with Gasteiger partial charge < -0.3 is 5.11 Å². The molecule has 3 rings (SSSR count). The highest BCUT2D eigenvalue weighted by molar-refractivity contribution is 5.69. The van der Waals surface area contributed by atoms with Crippen LogP contribution in [0, 0.1) is 0 Å². The summed E-state index contributed by atoms with van der Waals surface area (Å²) in [5, 5.41) is 10.2. The molecule has 0 bridgehead atoms. The fourth-order valence-corrected chi connectivity index (χ4v) is 2.47. The molecule has 0 saturated carbocycles. The average molecular weight is 294 g/mol. The van der Waals surface area contributed by atoms with E-state index in [1.807, 2.05) is 57.2 Å². The Bertz CT molecular complexity index is 832. The lowest BCUT2D eigenvalue weighted by Crippen LogP contribution is -2.07. The molecule has 22 heavy (non-hydrogen) atoms. The highest BCUT2D eigenvalue weighted by Crippen LogP contribution is 2.27. The van der Waals surface area contributed by atoms with Gasteiger partial charge in [0.25, 0.3) is 6.01 Å². The number of rotatable bonds is 3. The van der Waals surface area contributed by atoms with Crippen LogP contribution >= 0.6 is 0 Å². The maximum Gasteiger partial charge on any atom is 0.298 e. The van der Waals surface area contributed by atoms with Gasteiger partial charge in [-0.05, 0) is 32.4 Å². The van der Waals surface area contributed by atoms with Gasteiger partial charge >= 0.3 is 0 Å². The minimum Gasteiger partial charge on any atom is -0.480 e. The molecular formula is C17H18N4O. The number of aromatic hydroxyl groups is 1. The lowest BCUT2D eigenvalue weighted by atomic mass is 10.1. The maximum atomic E-state index is 10.2. The van der Waals surface area contributed by atoms with Crippen molar-refractivity contribution < 1.29 is 5.11 Å². The molecule has 0 aliphatic heterocycles. The van der Waals surface area contributed by atoms with E-state index in [1.54, 1.807) is 10.8 Å². The molecule has 5 nitrogen and oxygen atoms in total. The lowest BCUT2D eigenvalue weighted by molar-refractivity contribution is 0.393. The molecule has 0 amide bonds. The first-order valence-corrected chi connectivity index (χ1v) is 7.20. The van der Waals surface area contributed by atoms with Crippen molar-refractivity contribution in [1.82, 2.24) is 19.5 Å². The molecule has 1 unspecified atom stereocenters. The van der Waals surface area contributed by atoms with E-state index in [9.17, 15) is 5.11 Å². The van der Waals surface area contributed by atoms with E-state index in [1.165, 1.54) is 0 Å². The zero-order valence-electron chi connectivity index (χ0n) is 12.9. The van der Waals surface area contributed by atoms with Crippen LogP contribution in [0.25, 0.3) is 17.4 Å². The quantitative estimate of drug-likeness (QED) is 0.802. The number of nitrogens with zero attached hydrogens (tertiary/aromatic N) is 4. The van der Waals surface area contributed by atoms with E-state index < -0.39 is 0 Å². The van der Waals surface area contributed by atoms with Gasteiger partial charge in [0.05, 0.1) is 17.9 Å². The van der Waals surface area contributed by atoms with E-state index >= 15 is 0 Å². The first-order valence-electron chi connectivity index (χ1n) is 7.20. The van der Waals surface area contributed by atoms with Gasteiger partial charge in [-0.3, -0.25) is 4.57 Å². The van der Waals surface area contributed by atoms with Gasteiger partial charge in [0.1, 0.15) is 0 Å². The predicted molar refractivity (Wildman–Crippen MR) is 86.6 cm³/mol.